The molecule has 2 heterocycles. The highest BCUT2D eigenvalue weighted by atomic mass is 16.2. The standard InChI is InChI=1S/C16H25N3O/c1-5-17-13-6-8-18-14(10-13)15(20)19-9-7-12(11-19)16(2,3)4/h6,8,10,12H,5,7,9,11H2,1-4H3,(H,17,18). The first-order chi connectivity index (χ1) is 9.41. The predicted octanol–water partition coefficient (Wildman–Crippen LogP) is 3.02. The number of amides is 1. The summed E-state index contributed by atoms with van der Waals surface area (Å²) in [7, 11) is 0. The highest BCUT2D eigenvalue weighted by Gasteiger charge is 2.34. The zero-order valence-corrected chi connectivity index (χ0v) is 12.9. The van der Waals surface area contributed by atoms with E-state index in [0.29, 0.717) is 11.6 Å². The lowest BCUT2D eigenvalue weighted by Gasteiger charge is -2.26. The minimum Gasteiger partial charge on any atom is -0.385 e. The molecule has 110 valence electrons. The van der Waals surface area contributed by atoms with Gasteiger partial charge in [-0.15, -0.1) is 0 Å². The van der Waals surface area contributed by atoms with Gasteiger partial charge in [-0.3, -0.25) is 9.78 Å². The van der Waals surface area contributed by atoms with Crippen LogP contribution in [-0.2, 0) is 0 Å². The molecule has 1 unspecified atom stereocenters. The van der Waals surface area contributed by atoms with E-state index in [0.717, 1.165) is 31.7 Å². The molecular weight excluding hydrogens is 250 g/mol. The van der Waals surface area contributed by atoms with E-state index in [1.54, 1.807) is 6.20 Å². The van der Waals surface area contributed by atoms with Crippen molar-refractivity contribution in [2.24, 2.45) is 11.3 Å². The Bertz CT molecular complexity index is 479. The van der Waals surface area contributed by atoms with Crippen LogP contribution in [0.1, 0.15) is 44.6 Å². The van der Waals surface area contributed by atoms with Crippen molar-refractivity contribution >= 4 is 11.6 Å². The van der Waals surface area contributed by atoms with Crippen LogP contribution in [0.3, 0.4) is 0 Å². The second-order valence-electron chi connectivity index (χ2n) is 6.56. The van der Waals surface area contributed by atoms with E-state index in [2.05, 4.69) is 31.1 Å². The van der Waals surface area contributed by atoms with Crippen LogP contribution in [0, 0.1) is 11.3 Å². The van der Waals surface area contributed by atoms with Gasteiger partial charge in [-0.25, -0.2) is 0 Å². The average molecular weight is 275 g/mol. The van der Waals surface area contributed by atoms with Crippen molar-refractivity contribution in [2.45, 2.75) is 34.1 Å². The zero-order chi connectivity index (χ0) is 14.8. The van der Waals surface area contributed by atoms with Crippen LogP contribution >= 0.6 is 0 Å². The van der Waals surface area contributed by atoms with Crippen molar-refractivity contribution in [3.63, 3.8) is 0 Å². The lowest BCUT2D eigenvalue weighted by Crippen LogP contribution is -2.31. The lowest BCUT2D eigenvalue weighted by molar-refractivity contribution is 0.0771. The molecule has 2 rings (SSSR count). The van der Waals surface area contributed by atoms with E-state index in [-0.39, 0.29) is 11.3 Å². The summed E-state index contributed by atoms with van der Waals surface area (Å²) in [6, 6.07) is 3.73. The Balaban J connectivity index is 2.07. The van der Waals surface area contributed by atoms with Crippen LogP contribution in [0.5, 0.6) is 0 Å². The third-order valence-corrected chi connectivity index (χ3v) is 4.06. The van der Waals surface area contributed by atoms with Crippen molar-refractivity contribution in [3.8, 4) is 0 Å². The summed E-state index contributed by atoms with van der Waals surface area (Å²) in [4.78, 5) is 18.7. The number of pyridine rings is 1. The second-order valence-corrected chi connectivity index (χ2v) is 6.56. The third kappa shape index (κ3) is 3.30. The normalized spacial score (nSPS) is 19.2. The molecule has 0 bridgehead atoms. The summed E-state index contributed by atoms with van der Waals surface area (Å²) in [5.41, 5.74) is 1.75. The van der Waals surface area contributed by atoms with Crippen molar-refractivity contribution in [2.75, 3.05) is 25.0 Å². The van der Waals surface area contributed by atoms with E-state index >= 15 is 0 Å². The van der Waals surface area contributed by atoms with Crippen LogP contribution in [0.25, 0.3) is 0 Å². The van der Waals surface area contributed by atoms with Gasteiger partial charge in [0.15, 0.2) is 0 Å². The predicted molar refractivity (Wildman–Crippen MR) is 81.9 cm³/mol. The molecule has 1 N–H and O–H groups in total. The van der Waals surface area contributed by atoms with Crippen LogP contribution in [-0.4, -0.2) is 35.4 Å². The molecule has 1 aromatic rings. The monoisotopic (exact) mass is 275 g/mol. The molecule has 1 amide bonds. The molecule has 1 aliphatic heterocycles. The summed E-state index contributed by atoms with van der Waals surface area (Å²) >= 11 is 0. The minimum atomic E-state index is 0.0523. The number of anilines is 1. The SMILES string of the molecule is CCNc1ccnc(C(=O)N2CCC(C(C)(C)C)C2)c1. The largest absolute Gasteiger partial charge is 0.385 e. The van der Waals surface area contributed by atoms with Gasteiger partial charge in [-0.2, -0.15) is 0 Å². The number of hydrogen-bond donors (Lipinski definition) is 1. The Morgan fingerprint density at radius 3 is 2.85 bits per heavy atom. The molecule has 4 heteroatoms. The Morgan fingerprint density at radius 1 is 1.50 bits per heavy atom. The Labute approximate surface area is 121 Å². The molecule has 1 saturated heterocycles. The van der Waals surface area contributed by atoms with Gasteiger partial charge in [0.1, 0.15) is 5.69 Å². The second kappa shape index (κ2) is 5.81. The summed E-state index contributed by atoms with van der Waals surface area (Å²) in [6.07, 6.45) is 2.78. The summed E-state index contributed by atoms with van der Waals surface area (Å²) in [6.45, 7) is 11.3. The first-order valence-electron chi connectivity index (χ1n) is 7.41. The molecule has 0 radical (unpaired) electrons. The number of carbonyl (C=O) groups is 1. The molecule has 0 saturated carbocycles. The summed E-state index contributed by atoms with van der Waals surface area (Å²) in [5, 5.41) is 3.22. The maximum Gasteiger partial charge on any atom is 0.272 e. The Kier molecular flexibility index (Phi) is 4.31. The molecule has 1 atom stereocenters. The number of aromatic nitrogens is 1. The van der Waals surface area contributed by atoms with Crippen LogP contribution in [0.2, 0.25) is 0 Å². The van der Waals surface area contributed by atoms with E-state index in [9.17, 15) is 4.79 Å². The minimum absolute atomic E-state index is 0.0523. The number of nitrogens with zero attached hydrogens (tertiary/aromatic N) is 2. The number of nitrogens with one attached hydrogen (secondary N) is 1. The van der Waals surface area contributed by atoms with Crippen LogP contribution < -0.4 is 5.32 Å². The van der Waals surface area contributed by atoms with E-state index < -0.39 is 0 Å². The van der Waals surface area contributed by atoms with Gasteiger partial charge in [0, 0.05) is 31.5 Å². The van der Waals surface area contributed by atoms with Crippen molar-refractivity contribution in [1.82, 2.24) is 9.88 Å². The molecule has 1 aromatic heterocycles. The molecule has 20 heavy (non-hydrogen) atoms. The number of carbonyl (C=O) groups excluding carboxylic acids is 1. The molecule has 4 nitrogen and oxygen atoms in total. The topological polar surface area (TPSA) is 45.2 Å². The Hall–Kier alpha value is -1.58. The van der Waals surface area contributed by atoms with E-state index in [1.807, 2.05) is 24.0 Å². The third-order valence-electron chi connectivity index (χ3n) is 4.06. The van der Waals surface area contributed by atoms with Gasteiger partial charge in [-0.05, 0) is 36.8 Å². The lowest BCUT2D eigenvalue weighted by atomic mass is 9.80. The zero-order valence-electron chi connectivity index (χ0n) is 12.9. The molecule has 0 aliphatic carbocycles. The highest BCUT2D eigenvalue weighted by Crippen LogP contribution is 2.34. The first kappa shape index (κ1) is 14.8. The fourth-order valence-corrected chi connectivity index (χ4v) is 2.68. The molecule has 0 spiro atoms. The van der Waals surface area contributed by atoms with E-state index in [1.165, 1.54) is 0 Å². The van der Waals surface area contributed by atoms with Crippen LogP contribution in [0.4, 0.5) is 5.69 Å². The van der Waals surface area contributed by atoms with Crippen molar-refractivity contribution in [1.29, 1.82) is 0 Å². The maximum atomic E-state index is 12.5. The van der Waals surface area contributed by atoms with Gasteiger partial charge in [-0.1, -0.05) is 20.8 Å². The van der Waals surface area contributed by atoms with Gasteiger partial charge < -0.3 is 10.2 Å². The number of likely N-dealkylation sites (tertiary alicyclic amines) is 1. The number of rotatable bonds is 3. The quantitative estimate of drug-likeness (QED) is 0.922. The van der Waals surface area contributed by atoms with Gasteiger partial charge in [0.05, 0.1) is 0 Å². The summed E-state index contributed by atoms with van der Waals surface area (Å²) in [5.74, 6) is 0.625. The molecule has 1 aliphatic rings. The maximum absolute atomic E-state index is 12.5. The molecule has 0 aromatic carbocycles. The smallest absolute Gasteiger partial charge is 0.272 e. The van der Waals surface area contributed by atoms with Gasteiger partial charge in [0.25, 0.3) is 5.91 Å². The molecule has 1 fully saturated rings. The van der Waals surface area contributed by atoms with Gasteiger partial charge in [0.2, 0.25) is 0 Å². The fourth-order valence-electron chi connectivity index (χ4n) is 2.68. The van der Waals surface area contributed by atoms with E-state index in [4.69, 9.17) is 0 Å². The number of hydrogen-bond acceptors (Lipinski definition) is 3. The Morgan fingerprint density at radius 2 is 2.25 bits per heavy atom. The average Bonchev–Trinajstić information content (AvgIpc) is 2.88. The molecular formula is C16H25N3O. The fraction of sp³-hybridized carbons (Fsp3) is 0.625. The van der Waals surface area contributed by atoms with Crippen LogP contribution in [0.15, 0.2) is 18.3 Å². The van der Waals surface area contributed by atoms with Gasteiger partial charge >= 0.3 is 0 Å². The van der Waals surface area contributed by atoms with Crippen molar-refractivity contribution in [3.05, 3.63) is 24.0 Å². The summed E-state index contributed by atoms with van der Waals surface area (Å²) < 4.78 is 0. The van der Waals surface area contributed by atoms with Crippen molar-refractivity contribution < 1.29 is 4.79 Å². The highest BCUT2D eigenvalue weighted by molar-refractivity contribution is 5.93. The first-order valence-corrected chi connectivity index (χ1v) is 7.41.